The zero-order valence-corrected chi connectivity index (χ0v) is 11.5. The van der Waals surface area contributed by atoms with Gasteiger partial charge < -0.3 is 5.32 Å². The fraction of sp³-hybridized carbons (Fsp3) is 0.333. The van der Waals surface area contributed by atoms with Crippen LogP contribution in [0.2, 0.25) is 5.02 Å². The van der Waals surface area contributed by atoms with E-state index in [0.29, 0.717) is 0 Å². The molecule has 0 amide bonds. The molecule has 2 rings (SSSR count). The number of hydrogen-bond acceptors (Lipinski definition) is 3. The van der Waals surface area contributed by atoms with Crippen molar-refractivity contribution < 1.29 is 0 Å². The van der Waals surface area contributed by atoms with Crippen molar-refractivity contribution >= 4 is 34.3 Å². The second kappa shape index (κ2) is 5.82. The highest BCUT2D eigenvalue weighted by Gasteiger charge is 2.17. The van der Waals surface area contributed by atoms with Crippen molar-refractivity contribution in [3.63, 3.8) is 0 Å². The van der Waals surface area contributed by atoms with Gasteiger partial charge in [-0.1, -0.05) is 18.5 Å². The fourth-order valence-electron chi connectivity index (χ4n) is 1.60. The summed E-state index contributed by atoms with van der Waals surface area (Å²) in [4.78, 5) is 1.22. The number of nitrogens with one attached hydrogen (secondary N) is 1. The van der Waals surface area contributed by atoms with Crippen LogP contribution in [-0.2, 0) is 0 Å². The van der Waals surface area contributed by atoms with Gasteiger partial charge in [0.2, 0.25) is 0 Å². The van der Waals surface area contributed by atoms with Gasteiger partial charge in [0.25, 0.3) is 0 Å². The molecule has 0 aliphatic heterocycles. The van der Waals surface area contributed by atoms with Gasteiger partial charge in [-0.25, -0.2) is 0 Å². The van der Waals surface area contributed by atoms with Crippen LogP contribution in [-0.4, -0.2) is 6.54 Å². The largest absolute Gasteiger partial charge is 0.306 e. The van der Waals surface area contributed by atoms with Crippen LogP contribution < -0.4 is 5.32 Å². The molecule has 86 valence electrons. The molecule has 0 bridgehead atoms. The molecule has 0 aliphatic rings. The maximum atomic E-state index is 6.20. The maximum Gasteiger partial charge on any atom is 0.0694 e. The summed E-state index contributed by atoms with van der Waals surface area (Å²) >= 11 is 9.65. The molecule has 0 aliphatic carbocycles. The van der Waals surface area contributed by atoms with Crippen LogP contribution in [0.25, 0.3) is 0 Å². The van der Waals surface area contributed by atoms with E-state index in [1.54, 1.807) is 22.7 Å². The van der Waals surface area contributed by atoms with Gasteiger partial charge in [0, 0.05) is 4.88 Å². The summed E-state index contributed by atoms with van der Waals surface area (Å²) in [6, 6.07) is 4.38. The molecule has 0 saturated carbocycles. The molecule has 0 spiro atoms. The lowest BCUT2D eigenvalue weighted by Gasteiger charge is -2.16. The van der Waals surface area contributed by atoms with Crippen LogP contribution in [0.4, 0.5) is 0 Å². The van der Waals surface area contributed by atoms with Crippen molar-refractivity contribution in [2.75, 3.05) is 6.54 Å². The zero-order chi connectivity index (χ0) is 11.4. The van der Waals surface area contributed by atoms with Crippen LogP contribution in [0.5, 0.6) is 0 Å². The Kier molecular flexibility index (Phi) is 4.41. The Morgan fingerprint density at radius 1 is 1.38 bits per heavy atom. The van der Waals surface area contributed by atoms with Gasteiger partial charge in [-0.15, -0.1) is 11.3 Å². The van der Waals surface area contributed by atoms with E-state index in [1.165, 1.54) is 10.4 Å². The van der Waals surface area contributed by atoms with E-state index in [2.05, 4.69) is 29.1 Å². The minimum Gasteiger partial charge on any atom is -0.306 e. The van der Waals surface area contributed by atoms with Crippen LogP contribution in [0, 0.1) is 0 Å². The summed E-state index contributed by atoms with van der Waals surface area (Å²) in [6.07, 6.45) is 1.13. The summed E-state index contributed by atoms with van der Waals surface area (Å²) in [5, 5.41) is 10.8. The number of hydrogen-bond donors (Lipinski definition) is 1. The van der Waals surface area contributed by atoms with Crippen molar-refractivity contribution in [1.82, 2.24) is 5.32 Å². The first kappa shape index (κ1) is 12.1. The van der Waals surface area contributed by atoms with E-state index in [-0.39, 0.29) is 6.04 Å². The highest BCUT2D eigenvalue weighted by molar-refractivity contribution is 7.10. The topological polar surface area (TPSA) is 12.0 Å². The second-order valence-corrected chi connectivity index (χ2v) is 5.71. The standard InChI is InChI=1S/C12H14ClNS2/c1-2-5-14-11(9-3-6-15-8-9)12-10(13)4-7-16-12/h3-4,6-8,11,14H,2,5H2,1H3. The maximum absolute atomic E-state index is 6.20. The third kappa shape index (κ3) is 2.66. The molecular formula is C12H14ClNS2. The van der Waals surface area contributed by atoms with Gasteiger partial charge in [-0.05, 0) is 46.8 Å². The first-order valence-electron chi connectivity index (χ1n) is 5.31. The van der Waals surface area contributed by atoms with Gasteiger partial charge in [0.1, 0.15) is 0 Å². The minimum absolute atomic E-state index is 0.249. The van der Waals surface area contributed by atoms with E-state index < -0.39 is 0 Å². The van der Waals surface area contributed by atoms with Gasteiger partial charge in [-0.3, -0.25) is 0 Å². The Labute approximate surface area is 109 Å². The molecule has 0 aromatic carbocycles. The average molecular weight is 272 g/mol. The van der Waals surface area contributed by atoms with Crippen LogP contribution in [0.1, 0.15) is 29.8 Å². The van der Waals surface area contributed by atoms with Gasteiger partial charge in [0.05, 0.1) is 11.1 Å². The lowest BCUT2D eigenvalue weighted by atomic mass is 10.1. The normalized spacial score (nSPS) is 12.9. The second-order valence-electron chi connectivity index (χ2n) is 3.58. The van der Waals surface area contributed by atoms with E-state index in [4.69, 9.17) is 11.6 Å². The monoisotopic (exact) mass is 271 g/mol. The molecule has 4 heteroatoms. The summed E-state index contributed by atoms with van der Waals surface area (Å²) < 4.78 is 0. The molecule has 1 nitrogen and oxygen atoms in total. The summed E-state index contributed by atoms with van der Waals surface area (Å²) in [7, 11) is 0. The van der Waals surface area contributed by atoms with Crippen molar-refractivity contribution in [2.24, 2.45) is 0 Å². The predicted molar refractivity (Wildman–Crippen MR) is 73.8 cm³/mol. The lowest BCUT2D eigenvalue weighted by Crippen LogP contribution is -2.22. The molecule has 0 saturated heterocycles. The molecule has 1 unspecified atom stereocenters. The smallest absolute Gasteiger partial charge is 0.0694 e. The van der Waals surface area contributed by atoms with Gasteiger partial charge >= 0.3 is 0 Å². The summed E-state index contributed by atoms with van der Waals surface area (Å²) in [5.74, 6) is 0. The number of thiophene rings is 2. The summed E-state index contributed by atoms with van der Waals surface area (Å²) in [6.45, 7) is 3.18. The van der Waals surface area contributed by atoms with Crippen molar-refractivity contribution in [3.8, 4) is 0 Å². The van der Waals surface area contributed by atoms with Crippen molar-refractivity contribution in [3.05, 3.63) is 43.7 Å². The highest BCUT2D eigenvalue weighted by atomic mass is 35.5. The molecule has 2 aromatic heterocycles. The Bertz CT molecular complexity index is 422. The summed E-state index contributed by atoms with van der Waals surface area (Å²) in [5.41, 5.74) is 1.31. The Morgan fingerprint density at radius 2 is 2.25 bits per heavy atom. The SMILES string of the molecule is CCCNC(c1ccsc1)c1sccc1Cl. The number of halogens is 1. The Hall–Kier alpha value is -0.350. The van der Waals surface area contributed by atoms with E-state index in [1.807, 2.05) is 11.4 Å². The van der Waals surface area contributed by atoms with E-state index in [0.717, 1.165) is 18.0 Å². The molecular weight excluding hydrogens is 258 g/mol. The minimum atomic E-state index is 0.249. The molecule has 0 radical (unpaired) electrons. The van der Waals surface area contributed by atoms with Crippen LogP contribution in [0.3, 0.4) is 0 Å². The molecule has 1 atom stereocenters. The molecule has 2 aromatic rings. The van der Waals surface area contributed by atoms with Crippen LogP contribution in [0.15, 0.2) is 28.3 Å². The quantitative estimate of drug-likeness (QED) is 0.841. The van der Waals surface area contributed by atoms with E-state index in [9.17, 15) is 0 Å². The third-order valence-electron chi connectivity index (χ3n) is 2.38. The fourth-order valence-corrected chi connectivity index (χ4v) is 3.55. The van der Waals surface area contributed by atoms with Gasteiger partial charge in [0.15, 0.2) is 0 Å². The molecule has 2 heterocycles. The number of rotatable bonds is 5. The zero-order valence-electron chi connectivity index (χ0n) is 9.07. The van der Waals surface area contributed by atoms with E-state index >= 15 is 0 Å². The highest BCUT2D eigenvalue weighted by Crippen LogP contribution is 2.33. The average Bonchev–Trinajstić information content (AvgIpc) is 2.91. The van der Waals surface area contributed by atoms with Crippen molar-refractivity contribution in [2.45, 2.75) is 19.4 Å². The molecule has 1 N–H and O–H groups in total. The first-order valence-corrected chi connectivity index (χ1v) is 7.51. The van der Waals surface area contributed by atoms with Gasteiger partial charge in [-0.2, -0.15) is 11.3 Å². The predicted octanol–water partition coefficient (Wildman–Crippen LogP) is 4.55. The molecule has 0 fully saturated rings. The molecule has 16 heavy (non-hydrogen) atoms. The van der Waals surface area contributed by atoms with Crippen LogP contribution >= 0.6 is 34.3 Å². The lowest BCUT2D eigenvalue weighted by molar-refractivity contribution is 0.607. The third-order valence-corrected chi connectivity index (χ3v) is 4.51. The Morgan fingerprint density at radius 3 is 2.81 bits per heavy atom. The van der Waals surface area contributed by atoms with Crippen molar-refractivity contribution in [1.29, 1.82) is 0 Å². The first-order chi connectivity index (χ1) is 7.83. The Balaban J connectivity index is 2.25.